The van der Waals surface area contributed by atoms with E-state index in [9.17, 15) is 41.4 Å². The zero-order valence-corrected chi connectivity index (χ0v) is 24.3. The van der Waals surface area contributed by atoms with Gasteiger partial charge in [-0.2, -0.15) is 26.3 Å². The zero-order chi connectivity index (χ0) is 31.2. The number of halogens is 7. The van der Waals surface area contributed by atoms with E-state index in [0.29, 0.717) is 46.5 Å². The fraction of sp³-hybridized carbons (Fsp3) is 0.379. The number of amides is 1. The molecule has 0 unspecified atom stereocenters. The van der Waals surface area contributed by atoms with E-state index in [1.165, 1.54) is 27.1 Å². The maximum Gasteiger partial charge on any atom is 0.416 e. The molecule has 0 radical (unpaired) electrons. The fourth-order valence-electron chi connectivity index (χ4n) is 5.07. The van der Waals surface area contributed by atoms with Gasteiger partial charge in [0.05, 0.1) is 47.2 Å². The van der Waals surface area contributed by atoms with Gasteiger partial charge in [-0.1, -0.05) is 34.1 Å². The lowest BCUT2D eigenvalue weighted by molar-refractivity contribution is -0.143. The SMILES string of the molecule is CN(C(=O)C(C)(C)c1cc(C(F)(F)F)cc(C(F)(F)F)c1)c1cnc(N2CC[C@H](O)[C@H]2CO)cc1-c1ccccc1Br. The van der Waals surface area contributed by atoms with Gasteiger partial charge in [-0.25, -0.2) is 4.98 Å². The summed E-state index contributed by atoms with van der Waals surface area (Å²) in [5.41, 5.74) is -3.94. The molecule has 4 rings (SSSR count). The predicted octanol–water partition coefficient (Wildman–Crippen LogP) is 6.42. The van der Waals surface area contributed by atoms with Gasteiger partial charge in [0, 0.05) is 23.6 Å². The van der Waals surface area contributed by atoms with Crippen LogP contribution in [-0.4, -0.2) is 53.4 Å². The summed E-state index contributed by atoms with van der Waals surface area (Å²) in [6, 6.07) is 9.27. The average Bonchev–Trinajstić information content (AvgIpc) is 3.31. The lowest BCUT2D eigenvalue weighted by Gasteiger charge is -2.32. The molecule has 226 valence electrons. The van der Waals surface area contributed by atoms with Gasteiger partial charge in [0.25, 0.3) is 0 Å². The molecule has 2 heterocycles. The Hall–Kier alpha value is -3.16. The summed E-state index contributed by atoms with van der Waals surface area (Å²) in [4.78, 5) is 21.2. The minimum absolute atomic E-state index is 0.0242. The van der Waals surface area contributed by atoms with Crippen molar-refractivity contribution in [2.24, 2.45) is 0 Å². The summed E-state index contributed by atoms with van der Waals surface area (Å²) < 4.78 is 82.0. The predicted molar refractivity (Wildman–Crippen MR) is 149 cm³/mol. The molecule has 1 aromatic heterocycles. The van der Waals surface area contributed by atoms with Crippen LogP contribution in [0.5, 0.6) is 0 Å². The fourth-order valence-corrected chi connectivity index (χ4v) is 5.57. The lowest BCUT2D eigenvalue weighted by atomic mass is 9.81. The molecule has 1 saturated heterocycles. The molecule has 42 heavy (non-hydrogen) atoms. The van der Waals surface area contributed by atoms with Gasteiger partial charge in [0.1, 0.15) is 5.82 Å². The zero-order valence-electron chi connectivity index (χ0n) is 22.8. The van der Waals surface area contributed by atoms with Crippen molar-refractivity contribution in [1.29, 1.82) is 0 Å². The number of pyridine rings is 1. The number of carbonyl (C=O) groups excluding carboxylic acids is 1. The second-order valence-electron chi connectivity index (χ2n) is 10.6. The number of hydrogen-bond donors (Lipinski definition) is 2. The topological polar surface area (TPSA) is 76.9 Å². The van der Waals surface area contributed by atoms with Gasteiger partial charge in [0.2, 0.25) is 5.91 Å². The molecule has 2 aromatic carbocycles. The number of carbonyl (C=O) groups is 1. The van der Waals surface area contributed by atoms with Gasteiger partial charge in [-0.15, -0.1) is 0 Å². The van der Waals surface area contributed by atoms with Crippen LogP contribution >= 0.6 is 15.9 Å². The van der Waals surface area contributed by atoms with Gasteiger partial charge < -0.3 is 20.0 Å². The van der Waals surface area contributed by atoms with Crippen molar-refractivity contribution in [3.05, 3.63) is 75.9 Å². The van der Waals surface area contributed by atoms with Gasteiger partial charge in [-0.3, -0.25) is 4.79 Å². The second-order valence-corrected chi connectivity index (χ2v) is 11.5. The van der Waals surface area contributed by atoms with E-state index >= 15 is 0 Å². The third-order valence-corrected chi connectivity index (χ3v) is 8.23. The van der Waals surface area contributed by atoms with E-state index in [1.54, 1.807) is 35.2 Å². The van der Waals surface area contributed by atoms with E-state index in [2.05, 4.69) is 20.9 Å². The summed E-state index contributed by atoms with van der Waals surface area (Å²) in [7, 11) is 1.37. The molecule has 0 bridgehead atoms. The van der Waals surface area contributed by atoms with Crippen molar-refractivity contribution >= 4 is 33.3 Å². The monoisotopic (exact) mass is 659 g/mol. The maximum atomic E-state index is 13.9. The summed E-state index contributed by atoms with van der Waals surface area (Å²) >= 11 is 3.50. The minimum Gasteiger partial charge on any atom is -0.394 e. The van der Waals surface area contributed by atoms with Gasteiger partial charge >= 0.3 is 12.4 Å². The van der Waals surface area contributed by atoms with E-state index in [4.69, 9.17) is 0 Å². The summed E-state index contributed by atoms with van der Waals surface area (Å²) in [5, 5.41) is 20.1. The molecule has 0 aliphatic carbocycles. The number of benzene rings is 2. The van der Waals surface area contributed by atoms with Crippen molar-refractivity contribution in [2.75, 3.05) is 30.0 Å². The highest BCUT2D eigenvalue weighted by Gasteiger charge is 2.41. The quantitative estimate of drug-likeness (QED) is 0.299. The molecule has 2 atom stereocenters. The molecule has 0 spiro atoms. The van der Waals surface area contributed by atoms with Crippen LogP contribution in [0.3, 0.4) is 0 Å². The standard InChI is InChI=1S/C29H28BrF6N3O3/c1-27(2,16-10-17(28(31,32)33)12-18(11-16)29(34,35)36)26(42)38(3)22-14-37-25(39-9-8-24(41)23(39)15-40)13-20(22)19-6-4-5-7-21(19)30/h4-7,10-14,23-24,40-41H,8-9,15H2,1-3H3/t23-,24+/m1/s1. The second kappa shape index (κ2) is 11.5. The molecule has 13 heteroatoms. The molecule has 1 amide bonds. The normalized spacial score (nSPS) is 18.0. The highest BCUT2D eigenvalue weighted by atomic mass is 79.9. The van der Waals surface area contributed by atoms with Crippen molar-refractivity contribution in [3.8, 4) is 11.1 Å². The first-order chi connectivity index (χ1) is 19.5. The Morgan fingerprint density at radius 1 is 1.00 bits per heavy atom. The highest BCUT2D eigenvalue weighted by Crippen LogP contribution is 2.42. The van der Waals surface area contributed by atoms with Crippen LogP contribution in [0.15, 0.2) is 59.2 Å². The summed E-state index contributed by atoms with van der Waals surface area (Å²) in [5.74, 6) is -0.365. The number of nitrogens with zero attached hydrogens (tertiary/aromatic N) is 3. The number of aromatic nitrogens is 1. The molecule has 6 nitrogen and oxygen atoms in total. The number of hydrogen-bond acceptors (Lipinski definition) is 5. The molecular weight excluding hydrogens is 632 g/mol. The van der Waals surface area contributed by atoms with Crippen LogP contribution < -0.4 is 9.80 Å². The minimum atomic E-state index is -5.07. The number of rotatable bonds is 6. The molecular formula is C29H28BrF6N3O3. The molecule has 3 aromatic rings. The first kappa shape index (κ1) is 31.8. The summed E-state index contributed by atoms with van der Waals surface area (Å²) in [6.07, 6.45) is -9.12. The van der Waals surface area contributed by atoms with Crippen LogP contribution in [0, 0.1) is 0 Å². The van der Waals surface area contributed by atoms with Crippen molar-refractivity contribution in [2.45, 2.75) is 50.2 Å². The first-order valence-electron chi connectivity index (χ1n) is 12.9. The Morgan fingerprint density at radius 3 is 2.12 bits per heavy atom. The van der Waals surface area contributed by atoms with Gasteiger partial charge in [-0.05, 0) is 61.7 Å². The number of anilines is 2. The highest BCUT2D eigenvalue weighted by molar-refractivity contribution is 9.10. The van der Waals surface area contributed by atoms with Crippen molar-refractivity contribution < 1.29 is 41.4 Å². The Balaban J connectivity index is 1.82. The van der Waals surface area contributed by atoms with Crippen LogP contribution in [-0.2, 0) is 22.6 Å². The smallest absolute Gasteiger partial charge is 0.394 e. The van der Waals surface area contributed by atoms with Crippen LogP contribution in [0.25, 0.3) is 11.1 Å². The molecule has 1 fully saturated rings. The Labute approximate surface area is 246 Å². The molecule has 1 aliphatic heterocycles. The Morgan fingerprint density at radius 2 is 1.57 bits per heavy atom. The first-order valence-corrected chi connectivity index (χ1v) is 13.6. The third kappa shape index (κ3) is 6.13. The van der Waals surface area contributed by atoms with E-state index in [0.717, 1.165) is 4.90 Å². The summed E-state index contributed by atoms with van der Waals surface area (Å²) in [6.45, 7) is 2.61. The van der Waals surface area contributed by atoms with Crippen LogP contribution in [0.4, 0.5) is 37.8 Å². The molecule has 2 N–H and O–H groups in total. The van der Waals surface area contributed by atoms with Crippen LogP contribution in [0.1, 0.15) is 37.0 Å². The van der Waals surface area contributed by atoms with E-state index in [-0.39, 0.29) is 18.4 Å². The van der Waals surface area contributed by atoms with Crippen molar-refractivity contribution in [3.63, 3.8) is 0 Å². The van der Waals surface area contributed by atoms with E-state index in [1.807, 2.05) is 0 Å². The average molecular weight is 660 g/mol. The molecule has 1 aliphatic rings. The van der Waals surface area contributed by atoms with E-state index < -0.39 is 52.5 Å². The maximum absolute atomic E-state index is 13.9. The Kier molecular flexibility index (Phi) is 8.69. The third-order valence-electron chi connectivity index (χ3n) is 7.53. The molecule has 0 saturated carbocycles. The number of likely N-dealkylation sites (N-methyl/N-ethyl adjacent to an activating group) is 1. The number of aliphatic hydroxyl groups is 2. The largest absolute Gasteiger partial charge is 0.416 e. The number of aliphatic hydroxyl groups excluding tert-OH is 2. The number of alkyl halides is 6. The van der Waals surface area contributed by atoms with Crippen molar-refractivity contribution in [1.82, 2.24) is 4.98 Å². The lowest BCUT2D eigenvalue weighted by Crippen LogP contribution is -2.42. The van der Waals surface area contributed by atoms with Crippen LogP contribution in [0.2, 0.25) is 0 Å². The van der Waals surface area contributed by atoms with Gasteiger partial charge in [0.15, 0.2) is 0 Å². The Bertz CT molecular complexity index is 1450.